The third-order valence-corrected chi connectivity index (χ3v) is 5.50. The number of halogens is 1. The molecule has 0 unspecified atom stereocenters. The number of rotatable bonds is 4. The zero-order valence-corrected chi connectivity index (χ0v) is 11.1. The van der Waals surface area contributed by atoms with Crippen molar-refractivity contribution in [1.29, 1.82) is 0 Å². The third kappa shape index (κ3) is 3.00. The molecule has 0 aliphatic heterocycles. The maximum absolute atomic E-state index is 5.25. The molecule has 1 aromatic heterocycles. The van der Waals surface area contributed by atoms with Crippen LogP contribution in [0.1, 0.15) is 32.1 Å². The zero-order chi connectivity index (χ0) is 10.6. The van der Waals surface area contributed by atoms with Crippen LogP contribution in [0.5, 0.6) is 0 Å². The van der Waals surface area contributed by atoms with Gasteiger partial charge in [-0.2, -0.15) is 0 Å². The summed E-state index contributed by atoms with van der Waals surface area (Å²) in [6.45, 7) is 0. The number of aromatic nitrogens is 1. The van der Waals surface area contributed by atoms with E-state index in [1.807, 2.05) is 0 Å². The summed E-state index contributed by atoms with van der Waals surface area (Å²) in [5.41, 5.74) is 0.470. The molecule has 0 N–H and O–H groups in total. The molecule has 4 heteroatoms. The quantitative estimate of drug-likeness (QED) is 0.616. The molecule has 1 saturated carbocycles. The molecule has 1 heterocycles. The number of thioether (sulfide) groups is 1. The van der Waals surface area contributed by atoms with Crippen LogP contribution in [-0.4, -0.2) is 16.1 Å². The highest BCUT2D eigenvalue weighted by Crippen LogP contribution is 2.41. The molecule has 0 saturated heterocycles. The Bertz CT molecular complexity index is 283. The molecule has 0 spiro atoms. The lowest BCUT2D eigenvalue weighted by molar-refractivity contribution is 0.259. The van der Waals surface area contributed by atoms with E-state index in [0.29, 0.717) is 5.41 Å². The maximum Gasteiger partial charge on any atom is 0.255 e. The molecular weight excluding hydrogens is 274 g/mol. The Morgan fingerprint density at radius 3 is 2.80 bits per heavy atom. The van der Waals surface area contributed by atoms with E-state index < -0.39 is 0 Å². The average molecular weight is 290 g/mol. The fourth-order valence-electron chi connectivity index (χ4n) is 2.11. The van der Waals surface area contributed by atoms with Gasteiger partial charge < -0.3 is 4.42 Å². The second kappa shape index (κ2) is 5.39. The summed E-state index contributed by atoms with van der Waals surface area (Å²) in [4.78, 5) is 4.15. The molecule has 84 valence electrons. The molecule has 0 radical (unpaired) electrons. The van der Waals surface area contributed by atoms with Crippen molar-refractivity contribution in [3.8, 4) is 0 Å². The minimum Gasteiger partial charge on any atom is -0.440 e. The first kappa shape index (κ1) is 11.5. The van der Waals surface area contributed by atoms with Crippen molar-refractivity contribution >= 4 is 27.7 Å². The molecule has 1 aliphatic carbocycles. The minimum atomic E-state index is 0.470. The fourth-order valence-corrected chi connectivity index (χ4v) is 4.22. The number of hydrogen-bond donors (Lipinski definition) is 0. The summed E-state index contributed by atoms with van der Waals surface area (Å²) in [5.74, 6) is 1.12. The monoisotopic (exact) mass is 289 g/mol. The van der Waals surface area contributed by atoms with Crippen molar-refractivity contribution in [2.75, 3.05) is 11.1 Å². The van der Waals surface area contributed by atoms with Crippen molar-refractivity contribution in [3.63, 3.8) is 0 Å². The normalized spacial score (nSPS) is 20.3. The van der Waals surface area contributed by atoms with E-state index in [0.717, 1.165) is 16.3 Å². The van der Waals surface area contributed by atoms with E-state index in [-0.39, 0.29) is 0 Å². The van der Waals surface area contributed by atoms with Gasteiger partial charge >= 0.3 is 0 Å². The van der Waals surface area contributed by atoms with E-state index in [1.165, 1.54) is 32.1 Å². The first-order chi connectivity index (χ1) is 7.35. The second-order valence-electron chi connectivity index (χ2n) is 4.28. The molecule has 1 aromatic rings. The summed E-state index contributed by atoms with van der Waals surface area (Å²) in [5, 5.41) is 1.91. The van der Waals surface area contributed by atoms with Gasteiger partial charge in [0.1, 0.15) is 6.26 Å². The Kier molecular flexibility index (Phi) is 4.14. The summed E-state index contributed by atoms with van der Waals surface area (Å²) in [7, 11) is 0. The standard InChI is InChI=1S/C11H16BrNOS/c12-8-11(4-2-1-3-5-11)9-15-10-13-6-7-14-10/h6-7H,1-5,8-9H2. The predicted octanol–water partition coefficient (Wildman–Crippen LogP) is 4.11. The minimum absolute atomic E-state index is 0.470. The van der Waals surface area contributed by atoms with Crippen molar-refractivity contribution in [2.24, 2.45) is 5.41 Å². The Hall–Kier alpha value is 0.0400. The second-order valence-corrected chi connectivity index (χ2v) is 5.77. The van der Waals surface area contributed by atoms with Gasteiger partial charge in [0.2, 0.25) is 0 Å². The van der Waals surface area contributed by atoms with E-state index in [2.05, 4.69) is 20.9 Å². The van der Waals surface area contributed by atoms with Gasteiger partial charge in [0.05, 0.1) is 6.20 Å². The molecule has 2 nitrogen and oxygen atoms in total. The smallest absolute Gasteiger partial charge is 0.255 e. The number of oxazole rings is 1. The lowest BCUT2D eigenvalue weighted by Gasteiger charge is -2.35. The average Bonchev–Trinajstić information content (AvgIpc) is 2.81. The maximum atomic E-state index is 5.25. The van der Waals surface area contributed by atoms with E-state index >= 15 is 0 Å². The Labute approximate surface area is 103 Å². The van der Waals surface area contributed by atoms with Crippen LogP contribution >= 0.6 is 27.7 Å². The number of hydrogen-bond acceptors (Lipinski definition) is 3. The molecule has 0 aromatic carbocycles. The van der Waals surface area contributed by atoms with Gasteiger partial charge in [0, 0.05) is 11.1 Å². The third-order valence-electron chi connectivity index (χ3n) is 3.11. The highest BCUT2D eigenvalue weighted by Gasteiger charge is 2.31. The van der Waals surface area contributed by atoms with Gasteiger partial charge in [0.25, 0.3) is 5.22 Å². The molecule has 0 atom stereocenters. The van der Waals surface area contributed by atoms with Gasteiger partial charge in [0.15, 0.2) is 0 Å². The zero-order valence-electron chi connectivity index (χ0n) is 8.75. The van der Waals surface area contributed by atoms with Crippen molar-refractivity contribution < 1.29 is 4.42 Å². The van der Waals surface area contributed by atoms with Gasteiger partial charge in [-0.3, -0.25) is 0 Å². The van der Waals surface area contributed by atoms with Gasteiger partial charge in [-0.25, -0.2) is 4.98 Å². The summed E-state index contributed by atoms with van der Waals surface area (Å²) < 4.78 is 5.25. The first-order valence-electron chi connectivity index (χ1n) is 5.43. The Morgan fingerprint density at radius 2 is 2.20 bits per heavy atom. The van der Waals surface area contributed by atoms with Crippen LogP contribution in [0.2, 0.25) is 0 Å². The van der Waals surface area contributed by atoms with Crippen LogP contribution in [0, 0.1) is 5.41 Å². The van der Waals surface area contributed by atoms with Crippen LogP contribution in [0.4, 0.5) is 0 Å². The van der Waals surface area contributed by atoms with E-state index in [1.54, 1.807) is 24.2 Å². The largest absolute Gasteiger partial charge is 0.440 e. The van der Waals surface area contributed by atoms with E-state index in [9.17, 15) is 0 Å². The Morgan fingerprint density at radius 1 is 1.40 bits per heavy atom. The van der Waals surface area contributed by atoms with E-state index in [4.69, 9.17) is 4.42 Å². The topological polar surface area (TPSA) is 26.0 Å². The first-order valence-corrected chi connectivity index (χ1v) is 7.54. The molecule has 0 bridgehead atoms. The summed E-state index contributed by atoms with van der Waals surface area (Å²) in [6.07, 6.45) is 10.2. The van der Waals surface area contributed by atoms with Crippen LogP contribution in [0.15, 0.2) is 22.1 Å². The number of nitrogens with zero attached hydrogens (tertiary/aromatic N) is 1. The molecule has 0 amide bonds. The highest BCUT2D eigenvalue weighted by molar-refractivity contribution is 9.09. The lowest BCUT2D eigenvalue weighted by Crippen LogP contribution is -2.28. The van der Waals surface area contributed by atoms with Crippen molar-refractivity contribution in [1.82, 2.24) is 4.98 Å². The molecule has 2 rings (SSSR count). The van der Waals surface area contributed by atoms with Gasteiger partial charge in [-0.1, -0.05) is 47.0 Å². The van der Waals surface area contributed by atoms with Crippen LogP contribution in [0.25, 0.3) is 0 Å². The van der Waals surface area contributed by atoms with Crippen LogP contribution < -0.4 is 0 Å². The van der Waals surface area contributed by atoms with Gasteiger partial charge in [-0.15, -0.1) is 0 Å². The molecule has 1 aliphatic rings. The number of alkyl halides is 1. The molecular formula is C11H16BrNOS. The summed E-state index contributed by atoms with van der Waals surface area (Å²) >= 11 is 5.42. The van der Waals surface area contributed by atoms with Crippen LogP contribution in [-0.2, 0) is 0 Å². The highest BCUT2D eigenvalue weighted by atomic mass is 79.9. The van der Waals surface area contributed by atoms with Crippen molar-refractivity contribution in [3.05, 3.63) is 12.5 Å². The molecule has 1 fully saturated rings. The SMILES string of the molecule is BrCC1(CSc2ncco2)CCCCC1. The van der Waals surface area contributed by atoms with Gasteiger partial charge in [-0.05, 0) is 18.3 Å². The summed E-state index contributed by atoms with van der Waals surface area (Å²) in [6, 6.07) is 0. The lowest BCUT2D eigenvalue weighted by atomic mass is 9.77. The molecule has 15 heavy (non-hydrogen) atoms. The van der Waals surface area contributed by atoms with Crippen molar-refractivity contribution in [2.45, 2.75) is 37.3 Å². The van der Waals surface area contributed by atoms with Crippen LogP contribution in [0.3, 0.4) is 0 Å². The Balaban J connectivity index is 1.89. The fraction of sp³-hybridized carbons (Fsp3) is 0.727. The predicted molar refractivity (Wildman–Crippen MR) is 66.5 cm³/mol.